The lowest BCUT2D eigenvalue weighted by Gasteiger charge is -2.12. The normalized spacial score (nSPS) is 13.0. The minimum atomic E-state index is -3.43. The van der Waals surface area contributed by atoms with E-state index < -0.39 is 20.8 Å². The maximum atomic E-state index is 12.0. The molecule has 1 atom stereocenters. The summed E-state index contributed by atoms with van der Waals surface area (Å²) in [5.74, 6) is 1.49. The van der Waals surface area contributed by atoms with Gasteiger partial charge in [0.1, 0.15) is 5.75 Å². The highest BCUT2D eigenvalue weighted by Crippen LogP contribution is 2.18. The zero-order valence-electron chi connectivity index (χ0n) is 13.7. The third-order valence-corrected chi connectivity index (χ3v) is 6.46. The molecule has 0 unspecified atom stereocenters. The van der Waals surface area contributed by atoms with E-state index in [9.17, 15) is 12.6 Å². The summed E-state index contributed by atoms with van der Waals surface area (Å²) in [5.41, 5.74) is 1.04. The van der Waals surface area contributed by atoms with E-state index >= 15 is 0 Å². The number of nitrogens with zero attached hydrogens (tertiary/aromatic N) is 1. The van der Waals surface area contributed by atoms with Crippen LogP contribution in [-0.4, -0.2) is 43.4 Å². The number of rotatable bonds is 8. The van der Waals surface area contributed by atoms with Gasteiger partial charge >= 0.3 is 0 Å². The van der Waals surface area contributed by atoms with Gasteiger partial charge in [0.25, 0.3) is 0 Å². The molecule has 0 aliphatic carbocycles. The Morgan fingerprint density at radius 2 is 1.62 bits per heavy atom. The molecule has 24 heavy (non-hydrogen) atoms. The van der Waals surface area contributed by atoms with Crippen LogP contribution in [0.25, 0.3) is 0 Å². The molecular formula is C17H21NO4S2. The molecule has 0 saturated carbocycles. The molecule has 5 nitrogen and oxygen atoms in total. The summed E-state index contributed by atoms with van der Waals surface area (Å²) in [6.45, 7) is 0.319. The summed E-state index contributed by atoms with van der Waals surface area (Å²) >= 11 is 0. The van der Waals surface area contributed by atoms with Crippen molar-refractivity contribution in [1.29, 1.82) is 0 Å². The summed E-state index contributed by atoms with van der Waals surface area (Å²) in [7, 11) is -1.45. The summed E-state index contributed by atoms with van der Waals surface area (Å²) in [5, 5.41) is 0. The second-order valence-electron chi connectivity index (χ2n) is 5.38. The van der Waals surface area contributed by atoms with Crippen LogP contribution in [0, 0.1) is 0 Å². The fourth-order valence-corrected chi connectivity index (χ4v) is 3.88. The summed E-state index contributed by atoms with van der Waals surface area (Å²) in [6, 6.07) is 15.9. The fourth-order valence-electron chi connectivity index (χ4n) is 2.00. The second-order valence-corrected chi connectivity index (χ2v) is 9.11. The van der Waals surface area contributed by atoms with Gasteiger partial charge in [-0.3, -0.25) is 4.21 Å². The molecule has 0 fully saturated rings. The molecule has 0 heterocycles. The van der Waals surface area contributed by atoms with Crippen molar-refractivity contribution in [1.82, 2.24) is 4.31 Å². The number of hydrogen-bond donors (Lipinski definition) is 0. The predicted octanol–water partition coefficient (Wildman–Crippen LogP) is 2.26. The molecule has 2 rings (SSSR count). The van der Waals surface area contributed by atoms with Crippen LogP contribution in [0.4, 0.5) is 0 Å². The van der Waals surface area contributed by atoms with E-state index in [0.717, 1.165) is 9.87 Å². The smallest absolute Gasteiger partial charge is 0.242 e. The molecular weight excluding hydrogens is 346 g/mol. The Morgan fingerprint density at radius 3 is 2.21 bits per heavy atom. The Bertz CT molecular complexity index is 772. The van der Waals surface area contributed by atoms with E-state index in [1.165, 1.54) is 26.2 Å². The van der Waals surface area contributed by atoms with Gasteiger partial charge in [-0.1, -0.05) is 30.3 Å². The fraction of sp³-hybridized carbons (Fsp3) is 0.294. The van der Waals surface area contributed by atoms with Crippen molar-refractivity contribution in [2.75, 3.05) is 26.5 Å². The highest BCUT2D eigenvalue weighted by molar-refractivity contribution is 7.89. The van der Waals surface area contributed by atoms with Gasteiger partial charge in [-0.25, -0.2) is 12.7 Å². The van der Waals surface area contributed by atoms with Gasteiger partial charge in [0.15, 0.2) is 0 Å². The van der Waals surface area contributed by atoms with Gasteiger partial charge in [0.05, 0.1) is 17.3 Å². The molecule has 2 aromatic rings. The number of benzene rings is 2. The van der Waals surface area contributed by atoms with Crippen molar-refractivity contribution < 1.29 is 17.4 Å². The first-order valence-corrected chi connectivity index (χ1v) is 10.4. The van der Waals surface area contributed by atoms with Crippen LogP contribution < -0.4 is 4.74 Å². The topological polar surface area (TPSA) is 63.7 Å². The van der Waals surface area contributed by atoms with Gasteiger partial charge < -0.3 is 4.74 Å². The van der Waals surface area contributed by atoms with E-state index in [1.807, 2.05) is 30.3 Å². The lowest BCUT2D eigenvalue weighted by molar-refractivity contribution is 0.342. The average molecular weight is 367 g/mol. The van der Waals surface area contributed by atoms with Crippen LogP contribution in [0.15, 0.2) is 59.5 Å². The van der Waals surface area contributed by atoms with Crippen LogP contribution in [-0.2, 0) is 26.6 Å². The lowest BCUT2D eigenvalue weighted by atomic mass is 10.2. The Kier molecular flexibility index (Phi) is 6.53. The maximum absolute atomic E-state index is 12.0. The Hall–Kier alpha value is -1.70. The summed E-state index contributed by atoms with van der Waals surface area (Å²) in [4.78, 5) is 0.215. The van der Waals surface area contributed by atoms with Crippen LogP contribution >= 0.6 is 0 Å². The molecule has 0 radical (unpaired) electrons. The van der Waals surface area contributed by atoms with E-state index in [-0.39, 0.29) is 4.90 Å². The van der Waals surface area contributed by atoms with Crippen LogP contribution in [0.3, 0.4) is 0 Å². The van der Waals surface area contributed by atoms with E-state index in [4.69, 9.17) is 4.74 Å². The lowest BCUT2D eigenvalue weighted by Crippen LogP contribution is -2.22. The average Bonchev–Trinajstić information content (AvgIpc) is 2.56. The number of sulfonamides is 1. The monoisotopic (exact) mass is 367 g/mol. The van der Waals surface area contributed by atoms with Crippen molar-refractivity contribution in [3.8, 4) is 5.75 Å². The molecule has 0 aliphatic heterocycles. The second kappa shape index (κ2) is 8.41. The Morgan fingerprint density at radius 1 is 1.00 bits per heavy atom. The van der Waals surface area contributed by atoms with Gasteiger partial charge in [-0.2, -0.15) is 0 Å². The van der Waals surface area contributed by atoms with Crippen molar-refractivity contribution in [2.24, 2.45) is 0 Å². The van der Waals surface area contributed by atoms with Gasteiger partial charge in [0, 0.05) is 30.6 Å². The highest BCUT2D eigenvalue weighted by atomic mass is 32.2. The van der Waals surface area contributed by atoms with E-state index in [0.29, 0.717) is 23.9 Å². The minimum Gasteiger partial charge on any atom is -0.493 e. The van der Waals surface area contributed by atoms with Gasteiger partial charge in [-0.05, 0) is 29.8 Å². The van der Waals surface area contributed by atoms with Crippen LogP contribution in [0.2, 0.25) is 0 Å². The largest absolute Gasteiger partial charge is 0.493 e. The third kappa shape index (κ3) is 5.15. The molecule has 2 aromatic carbocycles. The summed E-state index contributed by atoms with van der Waals surface area (Å²) in [6.07, 6.45) is 0. The number of ether oxygens (including phenoxy) is 1. The molecule has 7 heteroatoms. The van der Waals surface area contributed by atoms with Crippen molar-refractivity contribution in [3.05, 3.63) is 60.2 Å². The van der Waals surface area contributed by atoms with Crippen molar-refractivity contribution in [3.63, 3.8) is 0 Å². The van der Waals surface area contributed by atoms with Crippen molar-refractivity contribution >= 4 is 20.8 Å². The highest BCUT2D eigenvalue weighted by Gasteiger charge is 2.16. The predicted molar refractivity (Wildman–Crippen MR) is 96.0 cm³/mol. The zero-order valence-corrected chi connectivity index (χ0v) is 15.3. The zero-order chi connectivity index (χ0) is 17.6. The number of hydrogen-bond acceptors (Lipinski definition) is 4. The molecule has 0 spiro atoms. The molecule has 0 bridgehead atoms. The molecule has 0 amide bonds. The molecule has 0 N–H and O–H groups in total. The van der Waals surface area contributed by atoms with Crippen LogP contribution in [0.5, 0.6) is 5.75 Å². The first-order chi connectivity index (χ1) is 11.4. The van der Waals surface area contributed by atoms with E-state index in [2.05, 4.69) is 0 Å². The quantitative estimate of drug-likeness (QED) is 0.718. The Balaban J connectivity index is 1.84. The van der Waals surface area contributed by atoms with Gasteiger partial charge in [-0.15, -0.1) is 0 Å². The third-order valence-electron chi connectivity index (χ3n) is 3.35. The standard InChI is InChI=1S/C17H21NO4S2/c1-18(2)24(20,21)17-10-8-16(9-11-17)22-12-13-23(19)14-15-6-4-3-5-7-15/h3-11H,12-14H2,1-2H3/t23-/m1/s1. The first kappa shape index (κ1) is 18.6. The Labute approximate surface area is 145 Å². The molecule has 0 aromatic heterocycles. The molecule has 0 aliphatic rings. The molecule has 0 saturated heterocycles. The van der Waals surface area contributed by atoms with Gasteiger partial charge in [0.2, 0.25) is 10.0 Å². The minimum absolute atomic E-state index is 0.215. The first-order valence-electron chi connectivity index (χ1n) is 7.44. The molecule has 130 valence electrons. The summed E-state index contributed by atoms with van der Waals surface area (Å²) < 4.78 is 42.6. The van der Waals surface area contributed by atoms with Crippen LogP contribution in [0.1, 0.15) is 5.56 Å². The maximum Gasteiger partial charge on any atom is 0.242 e. The SMILES string of the molecule is CN(C)S(=O)(=O)c1ccc(OCC[S@@](=O)Cc2ccccc2)cc1. The van der Waals surface area contributed by atoms with E-state index in [1.54, 1.807) is 12.1 Å². The van der Waals surface area contributed by atoms with Crippen molar-refractivity contribution in [2.45, 2.75) is 10.6 Å².